The van der Waals surface area contributed by atoms with Crippen LogP contribution in [0, 0.1) is 5.92 Å². The van der Waals surface area contributed by atoms with E-state index in [-0.39, 0.29) is 36.2 Å². The van der Waals surface area contributed by atoms with Gasteiger partial charge in [-0.1, -0.05) is 63.9 Å². The average Bonchev–Trinajstić information content (AvgIpc) is 2.91. The van der Waals surface area contributed by atoms with E-state index in [0.717, 1.165) is 18.4 Å². The van der Waals surface area contributed by atoms with Gasteiger partial charge in [-0.3, -0.25) is 9.59 Å². The first-order valence-electron chi connectivity index (χ1n) is 13.4. The summed E-state index contributed by atoms with van der Waals surface area (Å²) in [4.78, 5) is 25.0. The van der Waals surface area contributed by atoms with Gasteiger partial charge in [-0.25, -0.2) is 8.42 Å². The number of carbonyl (C=O) groups excluding carboxylic acids is 2. The number of rotatable bonds is 16. The Morgan fingerprint density at radius 1 is 1.00 bits per heavy atom. The van der Waals surface area contributed by atoms with Crippen LogP contribution in [0.15, 0.2) is 59.5 Å². The number of aliphatic hydroxyl groups excluding tert-OH is 1. The molecule has 0 aliphatic carbocycles. The van der Waals surface area contributed by atoms with Gasteiger partial charge in [0.15, 0.2) is 0 Å². The zero-order valence-electron chi connectivity index (χ0n) is 23.6. The van der Waals surface area contributed by atoms with Gasteiger partial charge in [0.2, 0.25) is 21.8 Å². The number of sulfonamides is 1. The first-order valence-corrected chi connectivity index (χ1v) is 14.9. The average molecular weight is 562 g/mol. The number of amides is 2. The maximum Gasteiger partial charge on any atom is 0.243 e. The molecule has 10 heteroatoms. The maximum atomic E-state index is 13.6. The second-order valence-electron chi connectivity index (χ2n) is 10.0. The van der Waals surface area contributed by atoms with Crippen LogP contribution < -0.4 is 15.4 Å². The molecule has 9 nitrogen and oxygen atoms in total. The molecular weight excluding hydrogens is 518 g/mol. The lowest BCUT2D eigenvalue weighted by Crippen LogP contribution is -2.56. The number of hydrogen-bond donors (Lipinski definition) is 3. The van der Waals surface area contributed by atoms with E-state index in [9.17, 15) is 23.1 Å². The van der Waals surface area contributed by atoms with Gasteiger partial charge in [0.1, 0.15) is 11.8 Å². The number of benzene rings is 2. The molecule has 2 aromatic carbocycles. The van der Waals surface area contributed by atoms with E-state index in [4.69, 9.17) is 4.74 Å². The van der Waals surface area contributed by atoms with Gasteiger partial charge >= 0.3 is 0 Å². The molecule has 0 aliphatic heterocycles. The van der Waals surface area contributed by atoms with E-state index < -0.39 is 34.1 Å². The summed E-state index contributed by atoms with van der Waals surface area (Å²) in [6.07, 6.45) is 1.44. The molecule has 39 heavy (non-hydrogen) atoms. The van der Waals surface area contributed by atoms with Crippen molar-refractivity contribution in [2.45, 2.75) is 76.5 Å². The molecule has 2 aromatic rings. The van der Waals surface area contributed by atoms with E-state index in [1.807, 2.05) is 51.1 Å². The van der Waals surface area contributed by atoms with Gasteiger partial charge in [-0.15, -0.1) is 0 Å². The standard InChI is InChI=1S/C29H43N3O6S/c1-6-7-11-18-32(39(36,37)25-16-14-24(38-5)15-17-25)20-27(34)26(19-23-12-9-8-10-13-23)31-29(35)28(21(2)3)30-22(4)33/h8-10,12-17,21,26-28,34H,6-7,11,18-20H2,1-5H3,(H,30,33)(H,31,35)/t26-,27+,28+/m0/s1. The fourth-order valence-corrected chi connectivity index (χ4v) is 5.75. The largest absolute Gasteiger partial charge is 0.497 e. The first kappa shape index (κ1) is 32.3. The second kappa shape index (κ2) is 15.6. The Morgan fingerprint density at radius 3 is 2.18 bits per heavy atom. The van der Waals surface area contributed by atoms with Crippen LogP contribution in [0.3, 0.4) is 0 Å². The summed E-state index contributed by atoms with van der Waals surface area (Å²) in [5.41, 5.74) is 0.873. The predicted molar refractivity (Wildman–Crippen MR) is 152 cm³/mol. The summed E-state index contributed by atoms with van der Waals surface area (Å²) in [6.45, 7) is 7.04. The normalized spacial score (nSPS) is 14.1. The number of unbranched alkanes of at least 4 members (excludes halogenated alkanes) is 2. The number of nitrogens with one attached hydrogen (secondary N) is 2. The first-order chi connectivity index (χ1) is 18.5. The number of hydrogen-bond acceptors (Lipinski definition) is 6. The Bertz CT molecular complexity index is 1140. The summed E-state index contributed by atoms with van der Waals surface area (Å²) < 4.78 is 33.7. The highest BCUT2D eigenvalue weighted by atomic mass is 32.2. The fraction of sp³-hybridized carbons (Fsp3) is 0.517. The highest BCUT2D eigenvalue weighted by molar-refractivity contribution is 7.89. The van der Waals surface area contributed by atoms with E-state index in [1.54, 1.807) is 12.1 Å². The molecule has 0 unspecified atom stereocenters. The van der Waals surface area contributed by atoms with Crippen molar-refractivity contribution in [2.24, 2.45) is 5.92 Å². The molecule has 0 aromatic heterocycles. The van der Waals surface area contributed by atoms with Gasteiger partial charge in [0, 0.05) is 20.0 Å². The SMILES string of the molecule is CCCCCN(C[C@@H](O)[C@H](Cc1ccccc1)NC(=O)[C@H](NC(C)=O)C(C)C)S(=O)(=O)c1ccc(OC)cc1. The van der Waals surface area contributed by atoms with Crippen molar-refractivity contribution in [3.05, 3.63) is 60.2 Å². The van der Waals surface area contributed by atoms with E-state index in [0.29, 0.717) is 12.2 Å². The van der Waals surface area contributed by atoms with Gasteiger partial charge in [0.25, 0.3) is 0 Å². The smallest absolute Gasteiger partial charge is 0.243 e. The van der Waals surface area contributed by atoms with Crippen LogP contribution in [0.25, 0.3) is 0 Å². The second-order valence-corrected chi connectivity index (χ2v) is 12.0. The van der Waals surface area contributed by atoms with Gasteiger partial charge < -0.3 is 20.5 Å². The van der Waals surface area contributed by atoms with Gasteiger partial charge in [-0.05, 0) is 48.6 Å². The number of carbonyl (C=O) groups is 2. The van der Waals surface area contributed by atoms with Crippen molar-refractivity contribution in [1.82, 2.24) is 14.9 Å². The Morgan fingerprint density at radius 2 is 1.64 bits per heavy atom. The summed E-state index contributed by atoms with van der Waals surface area (Å²) in [5.74, 6) is -0.423. The molecule has 0 aliphatic rings. The third-order valence-corrected chi connectivity index (χ3v) is 8.38. The maximum absolute atomic E-state index is 13.6. The molecular formula is C29H43N3O6S. The van der Waals surface area contributed by atoms with Crippen LogP contribution in [0.5, 0.6) is 5.75 Å². The number of methoxy groups -OCH3 is 1. The van der Waals surface area contributed by atoms with Crippen LogP contribution >= 0.6 is 0 Å². The number of ether oxygens (including phenoxy) is 1. The number of nitrogens with zero attached hydrogens (tertiary/aromatic N) is 1. The third kappa shape index (κ3) is 9.94. The van der Waals surface area contributed by atoms with Crippen molar-refractivity contribution in [1.29, 1.82) is 0 Å². The predicted octanol–water partition coefficient (Wildman–Crippen LogP) is 3.13. The minimum Gasteiger partial charge on any atom is -0.497 e. The molecule has 2 amide bonds. The van der Waals surface area contributed by atoms with Crippen molar-refractivity contribution in [3.8, 4) is 5.75 Å². The van der Waals surface area contributed by atoms with Crippen LogP contribution in [-0.2, 0) is 26.0 Å². The minimum atomic E-state index is -3.93. The molecule has 0 saturated heterocycles. The lowest BCUT2D eigenvalue weighted by molar-refractivity contribution is -0.130. The van der Waals surface area contributed by atoms with E-state index in [1.165, 1.54) is 30.5 Å². The Hall–Kier alpha value is -2.95. The van der Waals surface area contributed by atoms with Crippen molar-refractivity contribution >= 4 is 21.8 Å². The monoisotopic (exact) mass is 561 g/mol. The molecule has 0 spiro atoms. The summed E-state index contributed by atoms with van der Waals surface area (Å²) >= 11 is 0. The lowest BCUT2D eigenvalue weighted by atomic mass is 9.98. The van der Waals surface area contributed by atoms with E-state index >= 15 is 0 Å². The summed E-state index contributed by atoms with van der Waals surface area (Å²) in [6, 6.07) is 13.9. The Labute approximate surface area is 233 Å². The summed E-state index contributed by atoms with van der Waals surface area (Å²) in [7, 11) is -2.43. The van der Waals surface area contributed by atoms with Gasteiger partial charge in [-0.2, -0.15) is 4.31 Å². The zero-order chi connectivity index (χ0) is 29.0. The van der Waals surface area contributed by atoms with Crippen LogP contribution in [0.1, 0.15) is 52.5 Å². The molecule has 2 rings (SSSR count). The Kier molecular flexibility index (Phi) is 12.9. The molecule has 216 valence electrons. The Balaban J connectivity index is 2.36. The molecule has 0 radical (unpaired) electrons. The zero-order valence-corrected chi connectivity index (χ0v) is 24.4. The van der Waals surface area contributed by atoms with Crippen LogP contribution in [0.2, 0.25) is 0 Å². The fourth-order valence-electron chi connectivity index (χ4n) is 4.26. The van der Waals surface area contributed by atoms with Gasteiger partial charge in [0.05, 0.1) is 24.2 Å². The highest BCUT2D eigenvalue weighted by Crippen LogP contribution is 2.21. The molecule has 0 heterocycles. The molecule has 3 N–H and O–H groups in total. The molecule has 0 fully saturated rings. The van der Waals surface area contributed by atoms with Crippen molar-refractivity contribution < 1.29 is 27.9 Å². The van der Waals surface area contributed by atoms with Crippen molar-refractivity contribution in [3.63, 3.8) is 0 Å². The van der Waals surface area contributed by atoms with E-state index in [2.05, 4.69) is 10.6 Å². The molecule has 3 atom stereocenters. The molecule has 0 bridgehead atoms. The quantitative estimate of drug-likeness (QED) is 0.271. The molecule has 0 saturated carbocycles. The highest BCUT2D eigenvalue weighted by Gasteiger charge is 2.32. The third-order valence-electron chi connectivity index (χ3n) is 6.50. The number of aliphatic hydroxyl groups is 1. The lowest BCUT2D eigenvalue weighted by Gasteiger charge is -2.31. The topological polar surface area (TPSA) is 125 Å². The summed E-state index contributed by atoms with van der Waals surface area (Å²) in [5, 5.41) is 17.0. The van der Waals surface area contributed by atoms with Crippen molar-refractivity contribution in [2.75, 3.05) is 20.2 Å². The van der Waals surface area contributed by atoms with Crippen LogP contribution in [0.4, 0.5) is 0 Å². The van der Waals surface area contributed by atoms with Crippen LogP contribution in [-0.4, -0.2) is 68.0 Å². The minimum absolute atomic E-state index is 0.0983.